The number of halogens is 1. The summed E-state index contributed by atoms with van der Waals surface area (Å²) in [7, 11) is 0. The number of ether oxygens (including phenoxy) is 1. The quantitative estimate of drug-likeness (QED) is 0.450. The summed E-state index contributed by atoms with van der Waals surface area (Å²) < 4.78 is 6.96. The van der Waals surface area contributed by atoms with Crippen molar-refractivity contribution < 1.29 is 19.1 Å². The van der Waals surface area contributed by atoms with Gasteiger partial charge in [0.1, 0.15) is 17.9 Å². The van der Waals surface area contributed by atoms with Crippen LogP contribution in [0.15, 0.2) is 36.5 Å². The molecular weight excluding hydrogens is 534 g/mol. The van der Waals surface area contributed by atoms with Gasteiger partial charge in [-0.05, 0) is 51.0 Å². The maximum atomic E-state index is 13.6. The molecule has 0 unspecified atom stereocenters. The molecule has 0 atom stereocenters. The third-order valence-electron chi connectivity index (χ3n) is 7.40. The van der Waals surface area contributed by atoms with Gasteiger partial charge in [-0.1, -0.05) is 17.7 Å². The maximum absolute atomic E-state index is 13.6. The summed E-state index contributed by atoms with van der Waals surface area (Å²) >= 11 is 5.91. The van der Waals surface area contributed by atoms with Gasteiger partial charge < -0.3 is 29.7 Å². The van der Waals surface area contributed by atoms with Crippen molar-refractivity contribution in [3.8, 4) is 0 Å². The number of amides is 3. The van der Waals surface area contributed by atoms with E-state index in [0.29, 0.717) is 59.8 Å². The molecule has 0 spiro atoms. The van der Waals surface area contributed by atoms with Gasteiger partial charge in [-0.2, -0.15) is 0 Å². The molecule has 2 aromatic heterocycles. The Kier molecular flexibility index (Phi) is 8.63. The van der Waals surface area contributed by atoms with Gasteiger partial charge in [0.15, 0.2) is 0 Å². The predicted octanol–water partition coefficient (Wildman–Crippen LogP) is 2.80. The van der Waals surface area contributed by atoms with E-state index in [1.165, 1.54) is 6.20 Å². The number of likely N-dealkylation sites (tertiary alicyclic amines) is 1. The summed E-state index contributed by atoms with van der Waals surface area (Å²) in [6, 6.07) is 8.90. The minimum absolute atomic E-state index is 0.00249. The van der Waals surface area contributed by atoms with Crippen LogP contribution < -0.4 is 10.6 Å². The number of rotatable bonds is 7. The summed E-state index contributed by atoms with van der Waals surface area (Å²) in [5.74, 6) is -0.520. The molecule has 4 heterocycles. The van der Waals surface area contributed by atoms with Crippen LogP contribution in [-0.4, -0.2) is 93.5 Å². The van der Waals surface area contributed by atoms with E-state index < -0.39 is 5.91 Å². The number of anilines is 1. The van der Waals surface area contributed by atoms with E-state index in [9.17, 15) is 14.4 Å². The number of carbonyl (C=O) groups excluding carboxylic acids is 3. The van der Waals surface area contributed by atoms with E-state index >= 15 is 0 Å². The van der Waals surface area contributed by atoms with Crippen LogP contribution in [0.4, 0.5) is 5.82 Å². The van der Waals surface area contributed by atoms with E-state index in [2.05, 4.69) is 39.3 Å². The largest absolute Gasteiger partial charge is 0.378 e. The molecule has 2 fully saturated rings. The lowest BCUT2D eigenvalue weighted by Crippen LogP contribution is -2.47. The number of carbonyl (C=O) groups is 3. The highest BCUT2D eigenvalue weighted by atomic mass is 35.5. The number of imidazole rings is 1. The second-order valence-corrected chi connectivity index (χ2v) is 10.8. The van der Waals surface area contributed by atoms with Crippen molar-refractivity contribution in [3.63, 3.8) is 0 Å². The zero-order valence-corrected chi connectivity index (χ0v) is 23.5. The van der Waals surface area contributed by atoms with Crippen molar-refractivity contribution in [2.24, 2.45) is 0 Å². The SMILES string of the molecule is CC(C)N1CCC(NC(=O)c2nc3c(C(=O)N4CCOCC4)cccc3n2CC(=O)Nc2ccc(Cl)cn2)CC1. The van der Waals surface area contributed by atoms with Crippen LogP contribution in [0.25, 0.3) is 11.0 Å². The third kappa shape index (κ3) is 6.27. The first-order chi connectivity index (χ1) is 19.3. The van der Waals surface area contributed by atoms with Crippen LogP contribution in [0.5, 0.6) is 0 Å². The van der Waals surface area contributed by atoms with Crippen LogP contribution in [0.1, 0.15) is 47.7 Å². The standard InChI is InChI=1S/C28H34ClN7O4/c1-18(2)34-10-8-20(9-11-34)31-27(38)26-33-25-21(28(39)35-12-14-40-15-13-35)4-3-5-22(25)36(26)17-24(37)32-23-7-6-19(29)16-30-23/h3-7,16,18,20H,8-15,17H2,1-2H3,(H,31,38)(H,30,32,37). The molecule has 3 amide bonds. The number of hydrogen-bond acceptors (Lipinski definition) is 7. The molecule has 0 radical (unpaired) electrons. The van der Waals surface area contributed by atoms with Gasteiger partial charge in [0.05, 0.1) is 29.3 Å². The number of nitrogens with zero attached hydrogens (tertiary/aromatic N) is 5. The van der Waals surface area contributed by atoms with Crippen LogP contribution in [0.3, 0.4) is 0 Å². The zero-order chi connectivity index (χ0) is 28.2. The molecule has 0 aliphatic carbocycles. The summed E-state index contributed by atoms with van der Waals surface area (Å²) in [6.07, 6.45) is 3.10. The Bertz CT molecular complexity index is 1380. The fourth-order valence-corrected chi connectivity index (χ4v) is 5.29. The number of fused-ring (bicyclic) bond motifs is 1. The number of para-hydroxylation sites is 1. The van der Waals surface area contributed by atoms with Crippen LogP contribution >= 0.6 is 11.6 Å². The highest BCUT2D eigenvalue weighted by molar-refractivity contribution is 6.30. The molecule has 2 N–H and O–H groups in total. The van der Waals surface area contributed by atoms with Crippen LogP contribution in [0.2, 0.25) is 5.02 Å². The Labute approximate surface area is 237 Å². The Balaban J connectivity index is 1.44. The molecule has 2 aliphatic heterocycles. The average molecular weight is 568 g/mol. The average Bonchev–Trinajstić information content (AvgIpc) is 3.33. The number of morpholine rings is 1. The second-order valence-electron chi connectivity index (χ2n) is 10.4. The number of piperidine rings is 1. The summed E-state index contributed by atoms with van der Waals surface area (Å²) in [5, 5.41) is 6.31. The van der Waals surface area contributed by atoms with E-state index in [-0.39, 0.29) is 30.2 Å². The fraction of sp³-hybridized carbons (Fsp3) is 0.464. The molecule has 2 saturated heterocycles. The molecule has 5 rings (SSSR count). The first-order valence-corrected chi connectivity index (χ1v) is 14.0. The lowest BCUT2D eigenvalue weighted by Gasteiger charge is -2.34. The van der Waals surface area contributed by atoms with E-state index in [4.69, 9.17) is 16.3 Å². The molecule has 1 aromatic carbocycles. The third-order valence-corrected chi connectivity index (χ3v) is 7.63. The van der Waals surface area contributed by atoms with Crippen molar-refractivity contribution in [3.05, 3.63) is 52.9 Å². The van der Waals surface area contributed by atoms with E-state index in [0.717, 1.165) is 25.9 Å². The van der Waals surface area contributed by atoms with Crippen molar-refractivity contribution in [2.45, 2.75) is 45.3 Å². The Hall–Kier alpha value is -3.54. The van der Waals surface area contributed by atoms with E-state index in [1.807, 2.05) is 0 Å². The molecule has 11 nitrogen and oxygen atoms in total. The van der Waals surface area contributed by atoms with Gasteiger partial charge in [-0.25, -0.2) is 9.97 Å². The number of nitrogens with one attached hydrogen (secondary N) is 2. The summed E-state index contributed by atoms with van der Waals surface area (Å²) in [5.41, 5.74) is 1.30. The summed E-state index contributed by atoms with van der Waals surface area (Å²) in [6.45, 7) is 7.84. The molecule has 0 bridgehead atoms. The Morgan fingerprint density at radius 1 is 1.07 bits per heavy atom. The molecular formula is C28H34ClN7O4. The number of pyridine rings is 1. The molecule has 3 aromatic rings. The topological polar surface area (TPSA) is 122 Å². The molecule has 2 aliphatic rings. The first kappa shape index (κ1) is 28.0. The van der Waals surface area contributed by atoms with Gasteiger partial charge in [0, 0.05) is 44.5 Å². The van der Waals surface area contributed by atoms with Crippen molar-refractivity contribution in [1.82, 2.24) is 29.7 Å². The first-order valence-electron chi connectivity index (χ1n) is 13.6. The molecule has 212 valence electrons. The highest BCUT2D eigenvalue weighted by Gasteiger charge is 2.28. The van der Waals surface area contributed by atoms with Crippen LogP contribution in [-0.2, 0) is 16.1 Å². The predicted molar refractivity (Wildman–Crippen MR) is 152 cm³/mol. The number of hydrogen-bond donors (Lipinski definition) is 2. The van der Waals surface area contributed by atoms with Crippen molar-refractivity contribution >= 4 is 46.2 Å². The maximum Gasteiger partial charge on any atom is 0.287 e. The van der Waals surface area contributed by atoms with Gasteiger partial charge in [-0.3, -0.25) is 14.4 Å². The normalized spacial score (nSPS) is 16.9. The van der Waals surface area contributed by atoms with Gasteiger partial charge in [0.25, 0.3) is 11.8 Å². The van der Waals surface area contributed by atoms with Gasteiger partial charge in [0.2, 0.25) is 11.7 Å². The van der Waals surface area contributed by atoms with Crippen molar-refractivity contribution in [1.29, 1.82) is 0 Å². The lowest BCUT2D eigenvalue weighted by atomic mass is 10.0. The van der Waals surface area contributed by atoms with E-state index in [1.54, 1.807) is 39.8 Å². The Morgan fingerprint density at radius 2 is 1.82 bits per heavy atom. The zero-order valence-electron chi connectivity index (χ0n) is 22.7. The minimum Gasteiger partial charge on any atom is -0.378 e. The molecule has 40 heavy (non-hydrogen) atoms. The fourth-order valence-electron chi connectivity index (χ4n) is 5.18. The second kappa shape index (κ2) is 12.3. The minimum atomic E-state index is -0.390. The Morgan fingerprint density at radius 3 is 2.50 bits per heavy atom. The highest BCUT2D eigenvalue weighted by Crippen LogP contribution is 2.23. The lowest BCUT2D eigenvalue weighted by molar-refractivity contribution is -0.116. The van der Waals surface area contributed by atoms with Crippen molar-refractivity contribution in [2.75, 3.05) is 44.7 Å². The summed E-state index contributed by atoms with van der Waals surface area (Å²) in [4.78, 5) is 53.0. The van der Waals surface area contributed by atoms with Crippen LogP contribution in [0, 0.1) is 0 Å². The number of aromatic nitrogens is 3. The molecule has 12 heteroatoms. The smallest absolute Gasteiger partial charge is 0.287 e. The van der Waals surface area contributed by atoms with Gasteiger partial charge in [-0.15, -0.1) is 0 Å². The number of benzene rings is 1. The monoisotopic (exact) mass is 567 g/mol. The molecule has 0 saturated carbocycles. The van der Waals surface area contributed by atoms with Gasteiger partial charge >= 0.3 is 0 Å².